The fourth-order valence-electron chi connectivity index (χ4n) is 3.12. The molecule has 10 heteroatoms. The number of aromatic nitrogens is 5. The lowest BCUT2D eigenvalue weighted by molar-refractivity contribution is 0.373. The molecule has 130 valence electrons. The smallest absolute Gasteiger partial charge is 0.376 e. The molecule has 0 bridgehead atoms. The van der Waals surface area contributed by atoms with E-state index in [-0.39, 0.29) is 5.25 Å². The Hall–Kier alpha value is -2.04. The van der Waals surface area contributed by atoms with Gasteiger partial charge in [-0.05, 0) is 13.4 Å². The zero-order chi connectivity index (χ0) is 17.6. The largest absolute Gasteiger partial charge is 0.437 e. The highest BCUT2D eigenvalue weighted by molar-refractivity contribution is 7.99. The minimum Gasteiger partial charge on any atom is -0.437 e. The highest BCUT2D eigenvalue weighted by Crippen LogP contribution is 2.34. The first-order chi connectivity index (χ1) is 12.0. The van der Waals surface area contributed by atoms with E-state index in [0.29, 0.717) is 5.82 Å². The number of hydrogen-bond donors (Lipinski definition) is 2. The standard InChI is InChI=1S/C15H20BN7OS/c1-16(24)22-3-4-25-13(9-22)12-5-14(17)23-15(20-12)11(7-19-23)10-6-18-21(2)8-10/h5-8,13,24H,3-4,9,17H2,1-2H3. The fourth-order valence-corrected chi connectivity index (χ4v) is 4.33. The number of fused-ring (bicyclic) bond motifs is 1. The molecule has 1 unspecified atom stereocenters. The van der Waals surface area contributed by atoms with Crippen LogP contribution >= 0.6 is 11.8 Å². The van der Waals surface area contributed by atoms with Crippen LogP contribution in [0.4, 0.5) is 5.82 Å². The van der Waals surface area contributed by atoms with Crippen molar-refractivity contribution >= 4 is 30.3 Å². The summed E-state index contributed by atoms with van der Waals surface area (Å²) in [6.45, 7) is 3.43. The number of nitrogen functional groups attached to an aromatic ring is 1. The van der Waals surface area contributed by atoms with Gasteiger partial charge in [-0.15, -0.1) is 11.8 Å². The van der Waals surface area contributed by atoms with E-state index in [4.69, 9.17) is 10.7 Å². The molecular formula is C15H20BN7OS. The molecule has 0 spiro atoms. The van der Waals surface area contributed by atoms with Gasteiger partial charge < -0.3 is 15.6 Å². The van der Waals surface area contributed by atoms with Crippen molar-refractivity contribution in [2.24, 2.45) is 7.05 Å². The quantitative estimate of drug-likeness (QED) is 0.673. The zero-order valence-electron chi connectivity index (χ0n) is 14.2. The molecule has 0 amide bonds. The maximum Gasteiger partial charge on any atom is 0.376 e. The number of aryl methyl sites for hydroxylation is 1. The Morgan fingerprint density at radius 2 is 2.20 bits per heavy atom. The lowest BCUT2D eigenvalue weighted by Gasteiger charge is -2.32. The molecule has 0 radical (unpaired) electrons. The van der Waals surface area contributed by atoms with E-state index in [2.05, 4.69) is 15.0 Å². The molecule has 4 rings (SSSR count). The van der Waals surface area contributed by atoms with Gasteiger partial charge in [-0.3, -0.25) is 4.68 Å². The molecule has 3 aromatic heterocycles. The van der Waals surface area contributed by atoms with E-state index < -0.39 is 7.05 Å². The Bertz CT molecular complexity index is 909. The van der Waals surface area contributed by atoms with Crippen molar-refractivity contribution in [1.82, 2.24) is 29.2 Å². The summed E-state index contributed by atoms with van der Waals surface area (Å²) in [4.78, 5) is 6.91. The monoisotopic (exact) mass is 357 g/mol. The molecule has 4 heterocycles. The van der Waals surface area contributed by atoms with Gasteiger partial charge in [0.1, 0.15) is 5.82 Å². The lowest BCUT2D eigenvalue weighted by atomic mass is 9.84. The van der Waals surface area contributed by atoms with Crippen LogP contribution in [-0.4, -0.2) is 60.1 Å². The highest BCUT2D eigenvalue weighted by Gasteiger charge is 2.28. The summed E-state index contributed by atoms with van der Waals surface area (Å²) in [6, 6.07) is 1.89. The molecule has 3 N–H and O–H groups in total. The minimum absolute atomic E-state index is 0.173. The van der Waals surface area contributed by atoms with Crippen LogP contribution in [-0.2, 0) is 7.05 Å². The second kappa shape index (κ2) is 6.36. The van der Waals surface area contributed by atoms with Crippen molar-refractivity contribution in [3.63, 3.8) is 0 Å². The first-order valence-corrected chi connectivity index (χ1v) is 9.24. The third-order valence-corrected chi connectivity index (χ3v) is 5.70. The molecule has 0 aliphatic carbocycles. The van der Waals surface area contributed by atoms with Gasteiger partial charge in [-0.25, -0.2) is 4.98 Å². The van der Waals surface area contributed by atoms with E-state index in [1.54, 1.807) is 28.4 Å². The predicted molar refractivity (Wildman–Crippen MR) is 100 cm³/mol. The van der Waals surface area contributed by atoms with Crippen molar-refractivity contribution in [3.05, 3.63) is 30.4 Å². The van der Waals surface area contributed by atoms with Gasteiger partial charge in [-0.1, -0.05) is 0 Å². The second-order valence-electron chi connectivity index (χ2n) is 6.29. The van der Waals surface area contributed by atoms with Crippen LogP contribution in [0.3, 0.4) is 0 Å². The molecule has 0 saturated carbocycles. The van der Waals surface area contributed by atoms with Crippen LogP contribution in [0.25, 0.3) is 16.8 Å². The van der Waals surface area contributed by atoms with Crippen LogP contribution in [0.1, 0.15) is 10.9 Å². The second-order valence-corrected chi connectivity index (χ2v) is 7.60. The van der Waals surface area contributed by atoms with Gasteiger partial charge in [0.15, 0.2) is 5.65 Å². The number of nitrogens with zero attached hydrogens (tertiary/aromatic N) is 6. The topological polar surface area (TPSA) is 97.5 Å². The van der Waals surface area contributed by atoms with Crippen LogP contribution in [0.2, 0.25) is 6.82 Å². The van der Waals surface area contributed by atoms with Gasteiger partial charge in [0.25, 0.3) is 0 Å². The van der Waals surface area contributed by atoms with Crippen LogP contribution < -0.4 is 5.73 Å². The van der Waals surface area contributed by atoms with Gasteiger partial charge in [-0.2, -0.15) is 14.7 Å². The van der Waals surface area contributed by atoms with Gasteiger partial charge >= 0.3 is 7.05 Å². The summed E-state index contributed by atoms with van der Waals surface area (Å²) >= 11 is 1.85. The van der Waals surface area contributed by atoms with Gasteiger partial charge in [0, 0.05) is 42.7 Å². The van der Waals surface area contributed by atoms with E-state index in [1.807, 2.05) is 31.1 Å². The van der Waals surface area contributed by atoms with Crippen molar-refractivity contribution in [2.75, 3.05) is 24.6 Å². The molecule has 1 atom stereocenters. The number of anilines is 1. The van der Waals surface area contributed by atoms with E-state index >= 15 is 0 Å². The summed E-state index contributed by atoms with van der Waals surface area (Å²) in [7, 11) is 1.43. The van der Waals surface area contributed by atoms with E-state index in [0.717, 1.165) is 41.3 Å². The Morgan fingerprint density at radius 3 is 2.92 bits per heavy atom. The maximum atomic E-state index is 9.88. The Kier molecular flexibility index (Phi) is 4.18. The van der Waals surface area contributed by atoms with Crippen LogP contribution in [0, 0.1) is 0 Å². The van der Waals surface area contributed by atoms with Crippen molar-refractivity contribution in [3.8, 4) is 11.1 Å². The fraction of sp³-hybridized carbons (Fsp3) is 0.400. The van der Waals surface area contributed by atoms with Crippen molar-refractivity contribution in [1.29, 1.82) is 0 Å². The summed E-state index contributed by atoms with van der Waals surface area (Å²) in [5.74, 6) is 1.52. The molecule has 0 aromatic carbocycles. The van der Waals surface area contributed by atoms with E-state index in [1.165, 1.54) is 0 Å². The molecule has 3 aromatic rings. The maximum absolute atomic E-state index is 9.88. The molecule has 1 aliphatic rings. The van der Waals surface area contributed by atoms with Crippen LogP contribution in [0.5, 0.6) is 0 Å². The predicted octanol–water partition coefficient (Wildman–Crippen LogP) is 0.912. The van der Waals surface area contributed by atoms with Crippen LogP contribution in [0.15, 0.2) is 24.7 Å². The molecule has 1 saturated heterocycles. The summed E-state index contributed by atoms with van der Waals surface area (Å²) < 4.78 is 3.41. The number of nitrogens with two attached hydrogens (primary N) is 1. The lowest BCUT2D eigenvalue weighted by Crippen LogP contribution is -2.43. The Labute approximate surface area is 150 Å². The third-order valence-electron chi connectivity index (χ3n) is 4.49. The van der Waals surface area contributed by atoms with E-state index in [9.17, 15) is 5.02 Å². The molecular weight excluding hydrogens is 337 g/mol. The molecule has 1 fully saturated rings. The average molecular weight is 357 g/mol. The summed E-state index contributed by atoms with van der Waals surface area (Å²) in [6.07, 6.45) is 5.51. The first kappa shape index (κ1) is 16.4. The number of hydrogen-bond acceptors (Lipinski definition) is 7. The molecule has 8 nitrogen and oxygen atoms in total. The first-order valence-electron chi connectivity index (χ1n) is 8.20. The average Bonchev–Trinajstić information content (AvgIpc) is 3.21. The minimum atomic E-state index is -0.453. The molecule has 25 heavy (non-hydrogen) atoms. The normalized spacial score (nSPS) is 18.8. The van der Waals surface area contributed by atoms with Crippen molar-refractivity contribution < 1.29 is 5.02 Å². The number of rotatable bonds is 3. The SMILES string of the molecule is CB(O)N1CCSC(c2cc(N)n3ncc(-c4cnn(C)c4)c3n2)C1. The van der Waals surface area contributed by atoms with Gasteiger partial charge in [0.05, 0.1) is 23.3 Å². The number of thioether (sulfide) groups is 1. The van der Waals surface area contributed by atoms with Crippen molar-refractivity contribution in [2.45, 2.75) is 12.1 Å². The summed E-state index contributed by atoms with van der Waals surface area (Å²) in [5, 5.41) is 18.6. The Balaban J connectivity index is 1.75. The summed E-state index contributed by atoms with van der Waals surface area (Å²) in [5.41, 5.74) is 9.75. The zero-order valence-corrected chi connectivity index (χ0v) is 15.0. The third kappa shape index (κ3) is 3.01. The highest BCUT2D eigenvalue weighted by atomic mass is 32.2. The Morgan fingerprint density at radius 1 is 1.36 bits per heavy atom. The molecule has 1 aliphatic heterocycles. The van der Waals surface area contributed by atoms with Gasteiger partial charge in [0.2, 0.25) is 0 Å².